The minimum absolute atomic E-state index is 0.110. The van der Waals surface area contributed by atoms with Crippen LogP contribution in [0, 0.1) is 0 Å². The third kappa shape index (κ3) is 6.91. The van der Waals surface area contributed by atoms with Crippen LogP contribution < -0.4 is 4.74 Å². The van der Waals surface area contributed by atoms with Crippen LogP contribution in [0.1, 0.15) is 11.1 Å². The van der Waals surface area contributed by atoms with Crippen molar-refractivity contribution in [2.45, 2.75) is 18.5 Å². The highest BCUT2D eigenvalue weighted by atomic mass is 35.5. The molecule has 0 bridgehead atoms. The van der Waals surface area contributed by atoms with Gasteiger partial charge in [0.25, 0.3) is 0 Å². The Kier molecular flexibility index (Phi) is 7.58. The smallest absolute Gasteiger partial charge is 0.119 e. The quantitative estimate of drug-likeness (QED) is 0.407. The molecule has 0 aromatic heterocycles. The molecule has 3 aromatic carbocycles. The predicted octanol–water partition coefficient (Wildman–Crippen LogP) is 6.03. The summed E-state index contributed by atoms with van der Waals surface area (Å²) in [6.45, 7) is 2.84. The molecule has 0 N–H and O–H groups in total. The van der Waals surface area contributed by atoms with Crippen molar-refractivity contribution in [3.8, 4) is 5.75 Å². The van der Waals surface area contributed by atoms with Crippen LogP contribution >= 0.6 is 23.2 Å². The van der Waals surface area contributed by atoms with Crippen LogP contribution in [-0.2, 0) is 13.1 Å². The minimum Gasteiger partial charge on any atom is -0.492 e. The first-order chi connectivity index (χ1) is 13.2. The Morgan fingerprint density at radius 2 is 1.30 bits per heavy atom. The number of ether oxygens (including phenoxy) is 1. The van der Waals surface area contributed by atoms with Gasteiger partial charge in [-0.15, -0.1) is 11.6 Å². The first kappa shape index (κ1) is 19.8. The van der Waals surface area contributed by atoms with Crippen LogP contribution in [0.25, 0.3) is 0 Å². The van der Waals surface area contributed by atoms with E-state index in [4.69, 9.17) is 27.9 Å². The molecule has 4 heteroatoms. The Balaban J connectivity index is 1.62. The van der Waals surface area contributed by atoms with Crippen molar-refractivity contribution < 1.29 is 4.74 Å². The maximum absolute atomic E-state index is 6.60. The number of benzene rings is 3. The largest absolute Gasteiger partial charge is 0.492 e. The average Bonchev–Trinajstić information content (AvgIpc) is 2.70. The SMILES string of the molecule is Clc1ccc(CN(Cc2ccccc2)CC(Cl)COc2ccccc2)cc1. The van der Waals surface area contributed by atoms with Crippen molar-refractivity contribution in [3.05, 3.63) is 101 Å². The standard InChI is InChI=1S/C23H23Cl2NO/c24-21-13-11-20(12-14-21)16-26(15-19-7-3-1-4-8-19)17-22(25)18-27-23-9-5-2-6-10-23/h1-14,22H,15-18H2. The summed E-state index contributed by atoms with van der Waals surface area (Å²) in [5.41, 5.74) is 2.47. The van der Waals surface area contributed by atoms with E-state index in [1.54, 1.807) is 0 Å². The number of nitrogens with zero attached hydrogens (tertiary/aromatic N) is 1. The van der Waals surface area contributed by atoms with Crippen molar-refractivity contribution >= 4 is 23.2 Å². The molecule has 1 unspecified atom stereocenters. The summed E-state index contributed by atoms with van der Waals surface area (Å²) in [5.74, 6) is 0.843. The molecule has 0 fully saturated rings. The summed E-state index contributed by atoms with van der Waals surface area (Å²) in [7, 11) is 0. The van der Waals surface area contributed by atoms with Gasteiger partial charge in [0.1, 0.15) is 12.4 Å². The molecule has 0 aliphatic rings. The van der Waals surface area contributed by atoms with Crippen molar-refractivity contribution in [2.75, 3.05) is 13.2 Å². The highest BCUT2D eigenvalue weighted by Gasteiger charge is 2.14. The number of hydrogen-bond donors (Lipinski definition) is 0. The van der Waals surface area contributed by atoms with Gasteiger partial charge in [0.05, 0.1) is 5.38 Å². The Morgan fingerprint density at radius 1 is 0.741 bits per heavy atom. The zero-order chi connectivity index (χ0) is 18.9. The molecular formula is C23H23Cl2NO. The first-order valence-electron chi connectivity index (χ1n) is 9.02. The van der Waals surface area contributed by atoms with Crippen LogP contribution in [0.4, 0.5) is 0 Å². The molecule has 0 saturated carbocycles. The van der Waals surface area contributed by atoms with E-state index in [9.17, 15) is 0 Å². The molecular weight excluding hydrogens is 377 g/mol. The summed E-state index contributed by atoms with van der Waals surface area (Å²) in [4.78, 5) is 2.34. The van der Waals surface area contributed by atoms with Crippen LogP contribution in [0.5, 0.6) is 5.75 Å². The van der Waals surface area contributed by atoms with Gasteiger partial charge >= 0.3 is 0 Å². The Labute approximate surface area is 171 Å². The first-order valence-corrected chi connectivity index (χ1v) is 9.83. The zero-order valence-corrected chi connectivity index (χ0v) is 16.6. The van der Waals surface area contributed by atoms with E-state index >= 15 is 0 Å². The average molecular weight is 400 g/mol. The van der Waals surface area contributed by atoms with Crippen LogP contribution in [-0.4, -0.2) is 23.4 Å². The fraction of sp³-hybridized carbons (Fsp3) is 0.217. The molecule has 0 radical (unpaired) electrons. The van der Waals surface area contributed by atoms with Crippen molar-refractivity contribution in [3.63, 3.8) is 0 Å². The van der Waals surface area contributed by atoms with Gasteiger partial charge in [0.15, 0.2) is 0 Å². The van der Waals surface area contributed by atoms with Crippen molar-refractivity contribution in [2.24, 2.45) is 0 Å². The number of rotatable bonds is 9. The monoisotopic (exact) mass is 399 g/mol. The van der Waals surface area contributed by atoms with E-state index < -0.39 is 0 Å². The Hall–Kier alpha value is -2.00. The van der Waals surface area contributed by atoms with Crippen molar-refractivity contribution in [1.29, 1.82) is 0 Å². The number of hydrogen-bond acceptors (Lipinski definition) is 2. The predicted molar refractivity (Wildman–Crippen MR) is 114 cm³/mol. The number of para-hydroxylation sites is 1. The van der Waals surface area contributed by atoms with E-state index in [-0.39, 0.29) is 5.38 Å². The third-order valence-corrected chi connectivity index (χ3v) is 4.71. The van der Waals surface area contributed by atoms with Gasteiger partial charge in [-0.3, -0.25) is 4.90 Å². The molecule has 3 rings (SSSR count). The second-order valence-electron chi connectivity index (χ2n) is 6.50. The van der Waals surface area contributed by atoms with E-state index in [2.05, 4.69) is 41.3 Å². The molecule has 2 nitrogen and oxygen atoms in total. The topological polar surface area (TPSA) is 12.5 Å². The molecule has 140 valence electrons. The lowest BCUT2D eigenvalue weighted by Gasteiger charge is -2.25. The van der Waals surface area contributed by atoms with E-state index in [1.165, 1.54) is 11.1 Å². The van der Waals surface area contributed by atoms with Gasteiger partial charge in [-0.1, -0.05) is 72.3 Å². The summed E-state index contributed by atoms with van der Waals surface area (Å²) >= 11 is 12.6. The molecule has 0 saturated heterocycles. The number of alkyl halides is 1. The molecule has 0 aliphatic carbocycles. The van der Waals surface area contributed by atoms with E-state index in [0.29, 0.717) is 6.61 Å². The molecule has 0 spiro atoms. The van der Waals surface area contributed by atoms with Gasteiger partial charge in [-0.2, -0.15) is 0 Å². The van der Waals surface area contributed by atoms with Crippen LogP contribution in [0.2, 0.25) is 5.02 Å². The Bertz CT molecular complexity index is 794. The number of halogens is 2. The fourth-order valence-electron chi connectivity index (χ4n) is 2.91. The summed E-state index contributed by atoms with van der Waals surface area (Å²) < 4.78 is 5.81. The van der Waals surface area contributed by atoms with E-state index in [1.807, 2.05) is 48.5 Å². The van der Waals surface area contributed by atoms with Gasteiger partial charge in [-0.25, -0.2) is 0 Å². The highest BCUT2D eigenvalue weighted by molar-refractivity contribution is 6.30. The molecule has 0 amide bonds. The molecule has 3 aromatic rings. The zero-order valence-electron chi connectivity index (χ0n) is 15.1. The molecule has 1 atom stereocenters. The minimum atomic E-state index is -0.110. The fourth-order valence-corrected chi connectivity index (χ4v) is 3.30. The second kappa shape index (κ2) is 10.4. The lowest BCUT2D eigenvalue weighted by molar-refractivity contribution is 0.225. The maximum Gasteiger partial charge on any atom is 0.119 e. The highest BCUT2D eigenvalue weighted by Crippen LogP contribution is 2.16. The molecule has 0 aliphatic heterocycles. The second-order valence-corrected chi connectivity index (χ2v) is 7.56. The Morgan fingerprint density at radius 3 is 1.93 bits per heavy atom. The van der Waals surface area contributed by atoms with E-state index in [0.717, 1.165) is 30.4 Å². The summed E-state index contributed by atoms with van der Waals surface area (Å²) in [6, 6.07) is 28.2. The van der Waals surface area contributed by atoms with Gasteiger partial charge in [0, 0.05) is 24.7 Å². The molecule has 0 heterocycles. The third-order valence-electron chi connectivity index (χ3n) is 4.20. The normalized spacial score (nSPS) is 12.1. The van der Waals surface area contributed by atoms with Crippen LogP contribution in [0.15, 0.2) is 84.9 Å². The molecule has 27 heavy (non-hydrogen) atoms. The summed E-state index contributed by atoms with van der Waals surface area (Å²) in [5, 5.41) is 0.640. The lowest BCUT2D eigenvalue weighted by atomic mass is 10.1. The van der Waals surface area contributed by atoms with Gasteiger partial charge < -0.3 is 4.74 Å². The van der Waals surface area contributed by atoms with Crippen molar-refractivity contribution in [1.82, 2.24) is 4.90 Å². The maximum atomic E-state index is 6.60. The summed E-state index contributed by atoms with van der Waals surface area (Å²) in [6.07, 6.45) is 0. The van der Waals surface area contributed by atoms with Gasteiger partial charge in [-0.05, 0) is 35.4 Å². The lowest BCUT2D eigenvalue weighted by Crippen LogP contribution is -2.32. The van der Waals surface area contributed by atoms with Crippen LogP contribution in [0.3, 0.4) is 0 Å². The van der Waals surface area contributed by atoms with Gasteiger partial charge in [0.2, 0.25) is 0 Å².